The van der Waals surface area contributed by atoms with Crippen molar-refractivity contribution in [2.24, 2.45) is 0 Å². The van der Waals surface area contributed by atoms with E-state index >= 15 is 0 Å². The number of hydrogen-bond donors (Lipinski definition) is 2. The van der Waals surface area contributed by atoms with Gasteiger partial charge in [-0.2, -0.15) is 0 Å². The second-order valence-corrected chi connectivity index (χ2v) is 6.98. The second kappa shape index (κ2) is 5.79. The van der Waals surface area contributed by atoms with Gasteiger partial charge < -0.3 is 15.5 Å². The maximum atomic E-state index is 11.8. The lowest BCUT2D eigenvalue weighted by atomic mass is 10.1. The minimum absolute atomic E-state index is 0.00879. The molecule has 2 heterocycles. The molecule has 2 aromatic rings. The first-order chi connectivity index (χ1) is 10.1. The topological polar surface area (TPSA) is 44.4 Å². The van der Waals surface area contributed by atoms with E-state index in [2.05, 4.69) is 56.0 Å². The average Bonchev–Trinajstić information content (AvgIpc) is 3.00. The van der Waals surface area contributed by atoms with Gasteiger partial charge in [0.15, 0.2) is 0 Å². The van der Waals surface area contributed by atoms with Gasteiger partial charge >= 0.3 is 0 Å². The van der Waals surface area contributed by atoms with Crippen molar-refractivity contribution < 1.29 is 4.79 Å². The van der Waals surface area contributed by atoms with Gasteiger partial charge in [0.2, 0.25) is 5.91 Å². The summed E-state index contributed by atoms with van der Waals surface area (Å²) in [6, 6.07) is 8.00. The number of amides is 1. The SMILES string of the molecule is CNC1C(=O)Nc2cc(N(C)Cc3cc(Br)cs3)ccc21. The van der Waals surface area contributed by atoms with Gasteiger partial charge in [-0.05, 0) is 41.2 Å². The standard InChI is InChI=1S/C15H16BrN3OS/c1-17-14-12-4-3-10(6-13(12)18-15(14)20)19(2)7-11-5-9(16)8-21-11/h3-6,8,14,17H,7H2,1-2H3,(H,18,20). The molecule has 4 nitrogen and oxygen atoms in total. The molecule has 1 aliphatic rings. The number of hydrogen-bond acceptors (Lipinski definition) is 4. The Morgan fingerprint density at radius 1 is 1.43 bits per heavy atom. The Labute approximate surface area is 136 Å². The number of nitrogens with zero attached hydrogens (tertiary/aromatic N) is 1. The van der Waals surface area contributed by atoms with Crippen LogP contribution in [-0.2, 0) is 11.3 Å². The van der Waals surface area contributed by atoms with Gasteiger partial charge in [-0.3, -0.25) is 4.79 Å². The predicted molar refractivity (Wildman–Crippen MR) is 91.0 cm³/mol. The predicted octanol–water partition coefficient (Wildman–Crippen LogP) is 3.36. The van der Waals surface area contributed by atoms with E-state index in [1.165, 1.54) is 4.88 Å². The Kier molecular flexibility index (Phi) is 4.01. The normalized spacial score (nSPS) is 16.7. The van der Waals surface area contributed by atoms with Crippen molar-refractivity contribution in [1.82, 2.24) is 5.32 Å². The number of carbonyl (C=O) groups excluding carboxylic acids is 1. The van der Waals surface area contributed by atoms with Crippen molar-refractivity contribution in [2.75, 3.05) is 24.3 Å². The highest BCUT2D eigenvalue weighted by Gasteiger charge is 2.29. The Balaban J connectivity index is 1.81. The fourth-order valence-corrected chi connectivity index (χ4v) is 4.04. The molecule has 1 aliphatic heterocycles. The first-order valence-electron chi connectivity index (χ1n) is 6.64. The molecule has 110 valence electrons. The van der Waals surface area contributed by atoms with Gasteiger partial charge in [0, 0.05) is 38.7 Å². The molecular weight excluding hydrogens is 350 g/mol. The van der Waals surface area contributed by atoms with Crippen molar-refractivity contribution in [1.29, 1.82) is 0 Å². The highest BCUT2D eigenvalue weighted by molar-refractivity contribution is 9.10. The molecule has 0 bridgehead atoms. The quantitative estimate of drug-likeness (QED) is 0.872. The lowest BCUT2D eigenvalue weighted by molar-refractivity contribution is -0.117. The molecule has 3 rings (SSSR count). The Hall–Kier alpha value is -1.37. The van der Waals surface area contributed by atoms with Crippen LogP contribution in [-0.4, -0.2) is 20.0 Å². The van der Waals surface area contributed by atoms with Gasteiger partial charge in [0.1, 0.15) is 6.04 Å². The van der Waals surface area contributed by atoms with Crippen LogP contribution < -0.4 is 15.5 Å². The van der Waals surface area contributed by atoms with E-state index in [9.17, 15) is 4.79 Å². The summed E-state index contributed by atoms with van der Waals surface area (Å²) < 4.78 is 1.12. The lowest BCUT2D eigenvalue weighted by Crippen LogP contribution is -2.23. The number of fused-ring (bicyclic) bond motifs is 1. The summed E-state index contributed by atoms with van der Waals surface area (Å²) in [6.07, 6.45) is 0. The number of benzene rings is 1. The van der Waals surface area contributed by atoms with Gasteiger partial charge in [-0.1, -0.05) is 6.07 Å². The van der Waals surface area contributed by atoms with Crippen LogP contribution in [0.1, 0.15) is 16.5 Å². The molecule has 1 atom stereocenters. The minimum atomic E-state index is -0.243. The monoisotopic (exact) mass is 365 g/mol. The summed E-state index contributed by atoms with van der Waals surface area (Å²) in [5.41, 5.74) is 3.00. The second-order valence-electron chi connectivity index (χ2n) is 5.07. The Morgan fingerprint density at radius 3 is 2.90 bits per heavy atom. The van der Waals surface area contributed by atoms with Crippen molar-refractivity contribution in [3.63, 3.8) is 0 Å². The summed E-state index contributed by atoms with van der Waals surface area (Å²) in [5, 5.41) is 8.05. The zero-order chi connectivity index (χ0) is 15.0. The lowest BCUT2D eigenvalue weighted by Gasteiger charge is -2.19. The van der Waals surface area contributed by atoms with E-state index in [-0.39, 0.29) is 11.9 Å². The summed E-state index contributed by atoms with van der Waals surface area (Å²) in [6.45, 7) is 0.846. The van der Waals surface area contributed by atoms with Crippen LogP contribution in [0.4, 0.5) is 11.4 Å². The molecule has 2 N–H and O–H groups in total. The van der Waals surface area contributed by atoms with E-state index in [1.807, 2.05) is 12.1 Å². The fourth-order valence-electron chi connectivity index (χ4n) is 2.54. The molecule has 0 saturated heterocycles. The van der Waals surface area contributed by atoms with Crippen molar-refractivity contribution in [3.8, 4) is 0 Å². The average molecular weight is 366 g/mol. The third kappa shape index (κ3) is 2.84. The van der Waals surface area contributed by atoms with Crippen LogP contribution in [0.5, 0.6) is 0 Å². The van der Waals surface area contributed by atoms with Crippen LogP contribution in [0.25, 0.3) is 0 Å². The smallest absolute Gasteiger partial charge is 0.246 e. The molecule has 6 heteroatoms. The van der Waals surface area contributed by atoms with Gasteiger partial charge in [-0.25, -0.2) is 0 Å². The summed E-state index contributed by atoms with van der Waals surface area (Å²) in [4.78, 5) is 15.3. The molecule has 1 aromatic heterocycles. The third-order valence-corrected chi connectivity index (χ3v) is 5.29. The van der Waals surface area contributed by atoms with Gasteiger partial charge in [0.05, 0.1) is 6.54 Å². The first kappa shape index (κ1) is 14.6. The molecule has 1 aromatic carbocycles. The number of thiophene rings is 1. The van der Waals surface area contributed by atoms with Crippen LogP contribution in [0.2, 0.25) is 0 Å². The first-order valence-corrected chi connectivity index (χ1v) is 8.32. The van der Waals surface area contributed by atoms with Crippen LogP contribution >= 0.6 is 27.3 Å². The molecule has 0 aliphatic carbocycles. The number of carbonyl (C=O) groups is 1. The maximum Gasteiger partial charge on any atom is 0.246 e. The van der Waals surface area contributed by atoms with Gasteiger partial charge in [0.25, 0.3) is 0 Å². The fraction of sp³-hybridized carbons (Fsp3) is 0.267. The van der Waals surface area contributed by atoms with Crippen molar-refractivity contribution in [2.45, 2.75) is 12.6 Å². The zero-order valence-corrected chi connectivity index (χ0v) is 14.2. The number of halogens is 1. The number of rotatable bonds is 4. The molecule has 0 spiro atoms. The molecule has 1 amide bonds. The molecule has 0 radical (unpaired) electrons. The number of likely N-dealkylation sites (N-methyl/N-ethyl adjacent to an activating group) is 1. The summed E-state index contributed by atoms with van der Waals surface area (Å²) in [7, 11) is 3.86. The molecular formula is C15H16BrN3OS. The summed E-state index contributed by atoms with van der Waals surface area (Å²) in [5.74, 6) is 0.00879. The maximum absolute atomic E-state index is 11.8. The van der Waals surface area contributed by atoms with E-state index in [4.69, 9.17) is 0 Å². The van der Waals surface area contributed by atoms with E-state index < -0.39 is 0 Å². The molecule has 0 fully saturated rings. The summed E-state index contributed by atoms with van der Waals surface area (Å²) >= 11 is 5.21. The minimum Gasteiger partial charge on any atom is -0.369 e. The van der Waals surface area contributed by atoms with Crippen molar-refractivity contribution in [3.05, 3.63) is 44.6 Å². The van der Waals surface area contributed by atoms with Crippen LogP contribution in [0.15, 0.2) is 34.1 Å². The van der Waals surface area contributed by atoms with E-state index in [1.54, 1.807) is 18.4 Å². The highest BCUT2D eigenvalue weighted by Crippen LogP contribution is 2.34. The van der Waals surface area contributed by atoms with Crippen LogP contribution in [0.3, 0.4) is 0 Å². The zero-order valence-electron chi connectivity index (χ0n) is 11.8. The van der Waals surface area contributed by atoms with E-state index in [0.717, 1.165) is 28.0 Å². The molecule has 21 heavy (non-hydrogen) atoms. The van der Waals surface area contributed by atoms with Crippen LogP contribution in [0, 0.1) is 0 Å². The highest BCUT2D eigenvalue weighted by atomic mass is 79.9. The van der Waals surface area contributed by atoms with Crippen molar-refractivity contribution >= 4 is 44.5 Å². The molecule has 0 saturated carbocycles. The number of nitrogens with one attached hydrogen (secondary N) is 2. The number of anilines is 2. The van der Waals surface area contributed by atoms with E-state index in [0.29, 0.717) is 0 Å². The Bertz CT molecular complexity index is 685. The third-order valence-electron chi connectivity index (χ3n) is 3.61. The molecule has 1 unspecified atom stereocenters. The van der Waals surface area contributed by atoms with Gasteiger partial charge in [-0.15, -0.1) is 11.3 Å². The Morgan fingerprint density at radius 2 is 2.24 bits per heavy atom. The largest absolute Gasteiger partial charge is 0.369 e.